The van der Waals surface area contributed by atoms with Gasteiger partial charge < -0.3 is 9.64 Å². The van der Waals surface area contributed by atoms with Gasteiger partial charge in [0.25, 0.3) is 0 Å². The molecular formula is C14H21N3O2. The molecule has 1 aromatic rings. The Morgan fingerprint density at radius 2 is 1.89 bits per heavy atom. The second-order valence-corrected chi connectivity index (χ2v) is 5.01. The maximum absolute atomic E-state index is 11.3. The first-order valence-electron chi connectivity index (χ1n) is 6.85. The summed E-state index contributed by atoms with van der Waals surface area (Å²) in [4.78, 5) is 21.9. The fourth-order valence-corrected chi connectivity index (χ4v) is 2.55. The van der Waals surface area contributed by atoms with E-state index in [0.717, 1.165) is 5.82 Å². The first kappa shape index (κ1) is 13.8. The van der Waals surface area contributed by atoms with Crippen LogP contribution in [-0.4, -0.2) is 36.1 Å². The Morgan fingerprint density at radius 1 is 1.21 bits per heavy atom. The van der Waals surface area contributed by atoms with E-state index in [9.17, 15) is 4.79 Å². The van der Waals surface area contributed by atoms with Crippen LogP contribution in [0.4, 0.5) is 5.82 Å². The lowest BCUT2D eigenvalue weighted by atomic mass is 10.1. The van der Waals surface area contributed by atoms with Crippen LogP contribution in [0, 0.1) is 0 Å². The van der Waals surface area contributed by atoms with Crippen molar-refractivity contribution in [2.24, 2.45) is 0 Å². The molecular weight excluding hydrogens is 242 g/mol. The van der Waals surface area contributed by atoms with Gasteiger partial charge >= 0.3 is 5.97 Å². The number of esters is 1. The van der Waals surface area contributed by atoms with Gasteiger partial charge in [-0.3, -0.25) is 0 Å². The second kappa shape index (κ2) is 6.50. The Bertz CT molecular complexity index is 411. The summed E-state index contributed by atoms with van der Waals surface area (Å²) in [5.41, 5.74) is 0.250. The lowest BCUT2D eigenvalue weighted by molar-refractivity contribution is 0.0593. The third kappa shape index (κ3) is 3.43. The van der Waals surface area contributed by atoms with Crippen molar-refractivity contribution in [1.29, 1.82) is 0 Å². The fourth-order valence-electron chi connectivity index (χ4n) is 2.55. The molecule has 2 rings (SSSR count). The number of anilines is 1. The summed E-state index contributed by atoms with van der Waals surface area (Å²) >= 11 is 0. The Kier molecular flexibility index (Phi) is 4.71. The molecule has 0 saturated heterocycles. The van der Waals surface area contributed by atoms with Crippen LogP contribution in [0.1, 0.15) is 49.0 Å². The number of carbonyl (C=O) groups is 1. The van der Waals surface area contributed by atoms with Crippen LogP contribution in [0.5, 0.6) is 0 Å². The summed E-state index contributed by atoms with van der Waals surface area (Å²) in [7, 11) is 3.40. The zero-order valence-corrected chi connectivity index (χ0v) is 11.6. The van der Waals surface area contributed by atoms with E-state index >= 15 is 0 Å². The van der Waals surface area contributed by atoms with Crippen molar-refractivity contribution in [3.63, 3.8) is 0 Å². The summed E-state index contributed by atoms with van der Waals surface area (Å²) in [6.45, 7) is 0. The molecule has 0 atom stereocenters. The highest BCUT2D eigenvalue weighted by Gasteiger charge is 2.18. The molecule has 0 unspecified atom stereocenters. The largest absolute Gasteiger partial charge is 0.464 e. The topological polar surface area (TPSA) is 55.3 Å². The molecule has 0 aromatic carbocycles. The van der Waals surface area contributed by atoms with Crippen molar-refractivity contribution in [2.75, 3.05) is 19.1 Å². The molecule has 1 fully saturated rings. The van der Waals surface area contributed by atoms with Gasteiger partial charge in [0.05, 0.1) is 19.5 Å². The summed E-state index contributed by atoms with van der Waals surface area (Å²) in [6, 6.07) is 0.528. The summed E-state index contributed by atoms with van der Waals surface area (Å²) in [6.07, 6.45) is 10.8. The Balaban J connectivity index is 2.05. The van der Waals surface area contributed by atoms with E-state index in [0.29, 0.717) is 6.04 Å². The molecule has 1 aliphatic carbocycles. The molecule has 1 saturated carbocycles. The van der Waals surface area contributed by atoms with E-state index < -0.39 is 5.97 Å². The SMILES string of the molecule is COC(=O)c1cnc(N(C)C2CCCCCC2)cn1. The summed E-state index contributed by atoms with van der Waals surface area (Å²) < 4.78 is 4.61. The Morgan fingerprint density at radius 3 is 2.42 bits per heavy atom. The minimum Gasteiger partial charge on any atom is -0.464 e. The van der Waals surface area contributed by atoms with Crippen LogP contribution >= 0.6 is 0 Å². The predicted molar refractivity (Wildman–Crippen MR) is 73.3 cm³/mol. The summed E-state index contributed by atoms with van der Waals surface area (Å²) in [5, 5.41) is 0. The molecule has 19 heavy (non-hydrogen) atoms. The van der Waals surface area contributed by atoms with Crippen LogP contribution in [0.3, 0.4) is 0 Å². The molecule has 0 spiro atoms. The van der Waals surface area contributed by atoms with Gasteiger partial charge in [-0.25, -0.2) is 14.8 Å². The van der Waals surface area contributed by atoms with E-state index in [2.05, 4.69) is 26.7 Å². The molecule has 5 heteroatoms. The number of aromatic nitrogens is 2. The first-order valence-corrected chi connectivity index (χ1v) is 6.85. The van der Waals surface area contributed by atoms with E-state index in [1.165, 1.54) is 51.8 Å². The van der Waals surface area contributed by atoms with Crippen molar-refractivity contribution in [3.05, 3.63) is 18.1 Å². The highest BCUT2D eigenvalue weighted by molar-refractivity contribution is 5.86. The van der Waals surface area contributed by atoms with Crippen LogP contribution in [0.15, 0.2) is 12.4 Å². The molecule has 1 heterocycles. The minimum absolute atomic E-state index is 0.250. The van der Waals surface area contributed by atoms with Crippen molar-refractivity contribution in [3.8, 4) is 0 Å². The number of hydrogen-bond acceptors (Lipinski definition) is 5. The summed E-state index contributed by atoms with van der Waals surface area (Å²) in [5.74, 6) is 0.371. The lowest BCUT2D eigenvalue weighted by Gasteiger charge is -2.27. The van der Waals surface area contributed by atoms with Crippen molar-refractivity contribution in [1.82, 2.24) is 9.97 Å². The van der Waals surface area contributed by atoms with Gasteiger partial charge in [-0.1, -0.05) is 25.7 Å². The zero-order chi connectivity index (χ0) is 13.7. The van der Waals surface area contributed by atoms with Gasteiger partial charge in [-0.2, -0.15) is 0 Å². The number of hydrogen-bond donors (Lipinski definition) is 0. The van der Waals surface area contributed by atoms with Crippen molar-refractivity contribution >= 4 is 11.8 Å². The van der Waals surface area contributed by atoms with Crippen LogP contribution in [-0.2, 0) is 4.74 Å². The number of methoxy groups -OCH3 is 1. The normalized spacial score (nSPS) is 16.7. The molecule has 0 amide bonds. The van der Waals surface area contributed by atoms with Gasteiger partial charge in [0.2, 0.25) is 0 Å². The van der Waals surface area contributed by atoms with Crippen molar-refractivity contribution in [2.45, 2.75) is 44.6 Å². The smallest absolute Gasteiger partial charge is 0.358 e. The number of rotatable bonds is 3. The van der Waals surface area contributed by atoms with Gasteiger partial charge in [0.1, 0.15) is 5.82 Å². The quantitative estimate of drug-likeness (QED) is 0.619. The lowest BCUT2D eigenvalue weighted by Crippen LogP contribution is -2.32. The molecule has 0 bridgehead atoms. The van der Waals surface area contributed by atoms with E-state index in [1.807, 2.05) is 0 Å². The monoisotopic (exact) mass is 263 g/mol. The highest BCUT2D eigenvalue weighted by Crippen LogP contribution is 2.23. The maximum atomic E-state index is 11.3. The van der Waals surface area contributed by atoms with E-state index in [1.54, 1.807) is 6.20 Å². The van der Waals surface area contributed by atoms with Crippen LogP contribution < -0.4 is 4.90 Å². The average Bonchev–Trinajstić information content (AvgIpc) is 2.75. The molecule has 0 N–H and O–H groups in total. The van der Waals surface area contributed by atoms with Gasteiger partial charge in [-0.05, 0) is 12.8 Å². The van der Waals surface area contributed by atoms with Gasteiger partial charge in [0.15, 0.2) is 5.69 Å². The van der Waals surface area contributed by atoms with Crippen LogP contribution in [0.2, 0.25) is 0 Å². The number of carbonyl (C=O) groups excluding carboxylic acids is 1. The molecule has 104 valence electrons. The third-order valence-electron chi connectivity index (χ3n) is 3.77. The maximum Gasteiger partial charge on any atom is 0.358 e. The minimum atomic E-state index is -0.448. The van der Waals surface area contributed by atoms with E-state index in [-0.39, 0.29) is 5.69 Å². The van der Waals surface area contributed by atoms with Crippen molar-refractivity contribution < 1.29 is 9.53 Å². The number of nitrogens with zero attached hydrogens (tertiary/aromatic N) is 3. The highest BCUT2D eigenvalue weighted by atomic mass is 16.5. The molecule has 1 aromatic heterocycles. The predicted octanol–water partition coefficient (Wildman–Crippen LogP) is 2.42. The molecule has 0 radical (unpaired) electrons. The Hall–Kier alpha value is -1.65. The van der Waals surface area contributed by atoms with E-state index in [4.69, 9.17) is 0 Å². The molecule has 1 aliphatic rings. The first-order chi connectivity index (χ1) is 9.22. The fraction of sp³-hybridized carbons (Fsp3) is 0.643. The second-order valence-electron chi connectivity index (χ2n) is 5.01. The van der Waals surface area contributed by atoms with Gasteiger partial charge in [0, 0.05) is 13.1 Å². The number of ether oxygens (including phenoxy) is 1. The van der Waals surface area contributed by atoms with Crippen LogP contribution in [0.25, 0.3) is 0 Å². The standard InChI is InChI=1S/C14H21N3O2/c1-17(11-7-5-3-4-6-8-11)13-10-15-12(9-16-13)14(18)19-2/h9-11H,3-8H2,1-2H3. The molecule has 0 aliphatic heterocycles. The zero-order valence-electron chi connectivity index (χ0n) is 11.6. The third-order valence-corrected chi connectivity index (χ3v) is 3.77. The average molecular weight is 263 g/mol. The Labute approximate surface area is 114 Å². The van der Waals surface area contributed by atoms with Gasteiger partial charge in [-0.15, -0.1) is 0 Å². The molecule has 5 nitrogen and oxygen atoms in total.